The molecule has 0 saturated carbocycles. The van der Waals surface area contributed by atoms with Gasteiger partial charge in [0, 0.05) is 11.9 Å². The molecule has 0 spiro atoms. The minimum Gasteiger partial charge on any atom is -0.318 e. The van der Waals surface area contributed by atoms with Gasteiger partial charge in [-0.25, -0.2) is 9.89 Å². The molecule has 0 aliphatic carbocycles. The van der Waals surface area contributed by atoms with E-state index in [1.54, 1.807) is 13.1 Å². The van der Waals surface area contributed by atoms with E-state index in [1.807, 2.05) is 0 Å². The number of carbonyl (C=O) groups is 2. The van der Waals surface area contributed by atoms with Crippen molar-refractivity contribution in [1.29, 1.82) is 0 Å². The summed E-state index contributed by atoms with van der Waals surface area (Å²) in [5, 5.41) is 9.36. The second-order valence-electron chi connectivity index (χ2n) is 4.08. The van der Waals surface area contributed by atoms with Gasteiger partial charge in [0.25, 0.3) is 11.7 Å². The van der Waals surface area contributed by atoms with Crippen LogP contribution in [0.3, 0.4) is 0 Å². The first kappa shape index (κ1) is 12.9. The number of aromatic nitrogens is 3. The number of carbonyl (C=O) groups excluding carboxylic acids is 2. The van der Waals surface area contributed by atoms with Gasteiger partial charge in [0.15, 0.2) is 5.16 Å². The summed E-state index contributed by atoms with van der Waals surface area (Å²) in [6.45, 7) is 0. The Morgan fingerprint density at radius 3 is 2.70 bits per heavy atom. The van der Waals surface area contributed by atoms with Crippen LogP contribution in [0.2, 0.25) is 5.02 Å². The van der Waals surface area contributed by atoms with Crippen LogP contribution in [0.4, 0.5) is 5.69 Å². The van der Waals surface area contributed by atoms with Crippen LogP contribution in [0, 0.1) is 0 Å². The van der Waals surface area contributed by atoms with Gasteiger partial charge in [-0.05, 0) is 23.9 Å². The van der Waals surface area contributed by atoms with Crippen LogP contribution in [0.15, 0.2) is 27.0 Å². The van der Waals surface area contributed by atoms with Crippen molar-refractivity contribution in [2.45, 2.75) is 10.1 Å². The molecule has 3 rings (SSSR count). The van der Waals surface area contributed by atoms with E-state index in [4.69, 9.17) is 11.6 Å². The number of nitrogens with one attached hydrogen (secondary N) is 2. The van der Waals surface area contributed by atoms with E-state index >= 15 is 0 Å². The molecule has 2 N–H and O–H groups in total. The molecule has 1 aromatic carbocycles. The lowest BCUT2D eigenvalue weighted by molar-refractivity contribution is -0.112. The number of aromatic amines is 1. The SMILES string of the molecule is Cn1c(Sc2cc3c(cc2Cl)C(=O)C(=O)N3)n[nH]c1=O. The van der Waals surface area contributed by atoms with Crippen molar-refractivity contribution in [1.82, 2.24) is 14.8 Å². The summed E-state index contributed by atoms with van der Waals surface area (Å²) in [7, 11) is 1.57. The number of anilines is 1. The maximum absolute atomic E-state index is 11.5. The summed E-state index contributed by atoms with van der Waals surface area (Å²) in [5.74, 6) is -1.28. The van der Waals surface area contributed by atoms with Crippen molar-refractivity contribution in [2.75, 3.05) is 5.32 Å². The van der Waals surface area contributed by atoms with Gasteiger partial charge < -0.3 is 5.32 Å². The van der Waals surface area contributed by atoms with E-state index < -0.39 is 11.7 Å². The molecular weight excluding hydrogens is 304 g/mol. The largest absolute Gasteiger partial charge is 0.343 e. The molecule has 0 radical (unpaired) electrons. The molecule has 0 atom stereocenters. The number of ketones is 1. The second kappa shape index (κ2) is 4.50. The molecule has 1 amide bonds. The number of Topliss-reactive ketones (excluding diaryl/α,β-unsaturated/α-hetero) is 1. The fraction of sp³-hybridized carbons (Fsp3) is 0.0909. The van der Waals surface area contributed by atoms with Gasteiger partial charge in [0.1, 0.15) is 0 Å². The molecule has 7 nitrogen and oxygen atoms in total. The van der Waals surface area contributed by atoms with E-state index in [9.17, 15) is 14.4 Å². The van der Waals surface area contributed by atoms with Crippen LogP contribution in [0.1, 0.15) is 10.4 Å². The van der Waals surface area contributed by atoms with Gasteiger partial charge in [-0.3, -0.25) is 14.2 Å². The van der Waals surface area contributed by atoms with Crippen LogP contribution >= 0.6 is 23.4 Å². The molecule has 0 saturated heterocycles. The van der Waals surface area contributed by atoms with Crippen LogP contribution in [0.25, 0.3) is 0 Å². The van der Waals surface area contributed by atoms with Gasteiger partial charge >= 0.3 is 5.69 Å². The summed E-state index contributed by atoms with van der Waals surface area (Å²) in [4.78, 5) is 34.7. The second-order valence-corrected chi connectivity index (χ2v) is 5.50. The molecule has 20 heavy (non-hydrogen) atoms. The van der Waals surface area contributed by atoms with Crippen molar-refractivity contribution in [3.63, 3.8) is 0 Å². The number of hydrogen-bond acceptors (Lipinski definition) is 5. The summed E-state index contributed by atoms with van der Waals surface area (Å²) in [5.41, 5.74) is 0.320. The summed E-state index contributed by atoms with van der Waals surface area (Å²) >= 11 is 7.25. The molecular formula is C11H7ClN4O3S. The quantitative estimate of drug-likeness (QED) is 0.808. The molecule has 0 bridgehead atoms. The molecule has 1 aliphatic rings. The molecule has 102 valence electrons. The number of fused-ring (bicyclic) bond motifs is 1. The fourth-order valence-electron chi connectivity index (χ4n) is 1.75. The average Bonchev–Trinajstić information content (AvgIpc) is 2.86. The van der Waals surface area contributed by atoms with Crippen LogP contribution in [-0.4, -0.2) is 26.5 Å². The van der Waals surface area contributed by atoms with Gasteiger partial charge in [-0.2, -0.15) is 0 Å². The monoisotopic (exact) mass is 310 g/mol. The third-order valence-corrected chi connectivity index (χ3v) is 4.34. The number of H-pyrrole nitrogens is 1. The van der Waals surface area contributed by atoms with Crippen molar-refractivity contribution in [2.24, 2.45) is 7.05 Å². The molecule has 1 aromatic heterocycles. The highest BCUT2D eigenvalue weighted by Crippen LogP contribution is 2.37. The minimum atomic E-state index is -0.676. The normalized spacial score (nSPS) is 13.5. The number of amides is 1. The average molecular weight is 311 g/mol. The van der Waals surface area contributed by atoms with Crippen LogP contribution in [-0.2, 0) is 11.8 Å². The van der Waals surface area contributed by atoms with E-state index in [0.29, 0.717) is 20.8 Å². The lowest BCUT2D eigenvalue weighted by Gasteiger charge is -2.05. The Bertz CT molecular complexity index is 810. The number of rotatable bonds is 2. The highest BCUT2D eigenvalue weighted by molar-refractivity contribution is 7.99. The maximum Gasteiger partial charge on any atom is 0.343 e. The Hall–Kier alpha value is -2.06. The molecule has 1 aliphatic heterocycles. The Balaban J connectivity index is 2.02. The van der Waals surface area contributed by atoms with E-state index in [-0.39, 0.29) is 11.3 Å². The molecule has 0 fully saturated rings. The van der Waals surface area contributed by atoms with Crippen molar-refractivity contribution >= 4 is 40.7 Å². The fourth-order valence-corrected chi connectivity index (χ4v) is 2.87. The topological polar surface area (TPSA) is 96.8 Å². The Kier molecular flexibility index (Phi) is 2.91. The number of nitrogens with zero attached hydrogens (tertiary/aromatic N) is 2. The van der Waals surface area contributed by atoms with Gasteiger partial charge in [0.2, 0.25) is 0 Å². The minimum absolute atomic E-state index is 0.250. The Morgan fingerprint density at radius 1 is 1.30 bits per heavy atom. The zero-order valence-corrected chi connectivity index (χ0v) is 11.6. The first-order valence-corrected chi connectivity index (χ1v) is 6.65. The summed E-state index contributed by atoms with van der Waals surface area (Å²) in [6, 6.07) is 3.02. The summed E-state index contributed by atoms with van der Waals surface area (Å²) in [6.07, 6.45) is 0. The van der Waals surface area contributed by atoms with Crippen molar-refractivity contribution < 1.29 is 9.59 Å². The Labute approximate surface area is 121 Å². The van der Waals surface area contributed by atoms with Crippen LogP contribution in [0.5, 0.6) is 0 Å². The van der Waals surface area contributed by atoms with Gasteiger partial charge in [-0.1, -0.05) is 11.6 Å². The van der Waals surface area contributed by atoms with E-state index in [0.717, 1.165) is 11.8 Å². The van der Waals surface area contributed by atoms with Crippen molar-refractivity contribution in [3.8, 4) is 0 Å². The molecule has 2 heterocycles. The third-order valence-electron chi connectivity index (χ3n) is 2.81. The predicted molar refractivity (Wildman–Crippen MR) is 72.4 cm³/mol. The van der Waals surface area contributed by atoms with E-state index in [1.165, 1.54) is 10.6 Å². The molecule has 9 heteroatoms. The standard InChI is InChI=1S/C11H7ClN4O3S/c1-16-10(19)14-15-11(16)20-7-3-6-4(2-5(7)12)8(17)9(18)13-6/h2-3H,1H3,(H,14,19)(H,13,17,18). The highest BCUT2D eigenvalue weighted by atomic mass is 35.5. The first-order chi connectivity index (χ1) is 9.47. The van der Waals surface area contributed by atoms with Gasteiger partial charge in [0.05, 0.1) is 16.3 Å². The van der Waals surface area contributed by atoms with Crippen LogP contribution < -0.4 is 11.0 Å². The molecule has 0 unspecified atom stereocenters. The summed E-state index contributed by atoms with van der Waals surface area (Å²) < 4.78 is 1.33. The zero-order valence-electron chi connectivity index (χ0n) is 10.1. The van der Waals surface area contributed by atoms with Gasteiger partial charge in [-0.15, -0.1) is 5.10 Å². The zero-order chi connectivity index (χ0) is 14.4. The Morgan fingerprint density at radius 2 is 2.05 bits per heavy atom. The smallest absolute Gasteiger partial charge is 0.318 e. The predicted octanol–water partition coefficient (Wildman–Crippen LogP) is 1.05. The highest BCUT2D eigenvalue weighted by Gasteiger charge is 2.29. The number of benzene rings is 1. The lowest BCUT2D eigenvalue weighted by atomic mass is 10.1. The number of hydrogen-bond donors (Lipinski definition) is 2. The maximum atomic E-state index is 11.5. The molecule has 2 aromatic rings. The van der Waals surface area contributed by atoms with Crippen molar-refractivity contribution in [3.05, 3.63) is 33.2 Å². The van der Waals surface area contributed by atoms with E-state index in [2.05, 4.69) is 15.5 Å². The third kappa shape index (κ3) is 1.93. The number of halogens is 1. The first-order valence-electron chi connectivity index (χ1n) is 5.46. The lowest BCUT2D eigenvalue weighted by Crippen LogP contribution is -2.12.